The number of rotatable bonds is 8. The number of esters is 1. The molecule has 0 fully saturated rings. The molecule has 26 heavy (non-hydrogen) atoms. The molecule has 0 bridgehead atoms. The Morgan fingerprint density at radius 1 is 1.00 bits per heavy atom. The molecule has 0 aliphatic carbocycles. The maximum absolute atomic E-state index is 12.5. The molecule has 0 saturated carbocycles. The van der Waals surface area contributed by atoms with Crippen LogP contribution in [-0.4, -0.2) is 24.0 Å². The van der Waals surface area contributed by atoms with Crippen LogP contribution < -0.4 is 5.32 Å². The Labute approximate surface area is 155 Å². The first-order chi connectivity index (χ1) is 12.3. The van der Waals surface area contributed by atoms with E-state index in [1.54, 1.807) is 0 Å². The zero-order chi connectivity index (χ0) is 19.1. The number of carbonyl (C=O) groups excluding carboxylic acids is 2. The Morgan fingerprint density at radius 2 is 1.69 bits per heavy atom. The monoisotopic (exact) mass is 355 g/mol. The summed E-state index contributed by atoms with van der Waals surface area (Å²) >= 11 is 0. The third-order valence-corrected chi connectivity index (χ3v) is 4.17. The molecule has 2 aromatic rings. The lowest BCUT2D eigenvalue weighted by atomic mass is 10.0. The van der Waals surface area contributed by atoms with Crippen LogP contribution in [0, 0.1) is 5.92 Å². The molecule has 0 heterocycles. The summed E-state index contributed by atoms with van der Waals surface area (Å²) in [5.41, 5.74) is 0.999. The summed E-state index contributed by atoms with van der Waals surface area (Å²) in [4.78, 5) is 24.7. The first-order valence-corrected chi connectivity index (χ1v) is 9.32. The number of amides is 1. The molecule has 2 rings (SSSR count). The van der Waals surface area contributed by atoms with E-state index in [9.17, 15) is 9.59 Å². The predicted molar refractivity (Wildman–Crippen MR) is 105 cm³/mol. The molecule has 0 spiro atoms. The largest absolute Gasteiger partial charge is 0.461 e. The molecule has 0 aliphatic rings. The molecule has 1 amide bonds. The molecule has 0 aromatic heterocycles. The van der Waals surface area contributed by atoms with Crippen molar-refractivity contribution in [1.82, 2.24) is 5.32 Å². The zero-order valence-electron chi connectivity index (χ0n) is 16.1. The van der Waals surface area contributed by atoms with Crippen molar-refractivity contribution < 1.29 is 14.3 Å². The van der Waals surface area contributed by atoms with Crippen molar-refractivity contribution in [2.24, 2.45) is 5.92 Å². The number of hydrogen-bond donors (Lipinski definition) is 1. The van der Waals surface area contributed by atoms with Crippen LogP contribution in [0.1, 0.15) is 46.1 Å². The molecule has 2 aromatic carbocycles. The lowest BCUT2D eigenvalue weighted by Crippen LogP contribution is -2.44. The van der Waals surface area contributed by atoms with Crippen LogP contribution in [0.5, 0.6) is 0 Å². The highest BCUT2D eigenvalue weighted by atomic mass is 16.5. The summed E-state index contributed by atoms with van der Waals surface area (Å²) in [6, 6.07) is 13.5. The van der Waals surface area contributed by atoms with Crippen molar-refractivity contribution in [3.63, 3.8) is 0 Å². The maximum Gasteiger partial charge on any atom is 0.329 e. The SMILES string of the molecule is CC(C)CCC(=O)NC(Cc1ccc2ccccc2c1)C(=O)OC(C)C. The van der Waals surface area contributed by atoms with Crippen LogP contribution in [0.15, 0.2) is 42.5 Å². The summed E-state index contributed by atoms with van der Waals surface area (Å²) in [6.07, 6.45) is 1.42. The Hall–Kier alpha value is -2.36. The fourth-order valence-corrected chi connectivity index (χ4v) is 2.80. The normalized spacial score (nSPS) is 12.4. The van der Waals surface area contributed by atoms with E-state index in [1.807, 2.05) is 44.2 Å². The van der Waals surface area contributed by atoms with Crippen LogP contribution in [0.25, 0.3) is 10.8 Å². The summed E-state index contributed by atoms with van der Waals surface area (Å²) in [5, 5.41) is 5.13. The topological polar surface area (TPSA) is 55.4 Å². The average Bonchev–Trinajstić information content (AvgIpc) is 2.58. The molecular weight excluding hydrogens is 326 g/mol. The van der Waals surface area contributed by atoms with Gasteiger partial charge in [0.1, 0.15) is 6.04 Å². The Kier molecular flexibility index (Phi) is 7.19. The van der Waals surface area contributed by atoms with Gasteiger partial charge in [-0.15, -0.1) is 0 Å². The van der Waals surface area contributed by atoms with Crippen molar-refractivity contribution in [2.75, 3.05) is 0 Å². The Bertz CT molecular complexity index is 752. The predicted octanol–water partition coefficient (Wildman–Crippen LogP) is 4.25. The second kappa shape index (κ2) is 9.37. The van der Waals surface area contributed by atoms with Crippen LogP contribution >= 0.6 is 0 Å². The summed E-state index contributed by atoms with van der Waals surface area (Å²) in [5.74, 6) is -0.0430. The minimum Gasteiger partial charge on any atom is -0.461 e. The van der Waals surface area contributed by atoms with E-state index in [0.717, 1.165) is 22.8 Å². The van der Waals surface area contributed by atoms with Crippen LogP contribution in [0.3, 0.4) is 0 Å². The van der Waals surface area contributed by atoms with E-state index in [1.165, 1.54) is 0 Å². The van der Waals surface area contributed by atoms with Crippen LogP contribution in [-0.2, 0) is 20.7 Å². The molecule has 1 N–H and O–H groups in total. The summed E-state index contributed by atoms with van der Waals surface area (Å²) in [6.45, 7) is 7.77. The molecule has 0 radical (unpaired) electrons. The molecule has 4 heteroatoms. The minimum absolute atomic E-state index is 0.106. The van der Waals surface area contributed by atoms with Gasteiger partial charge in [0.15, 0.2) is 0 Å². The fraction of sp³-hybridized carbons (Fsp3) is 0.455. The summed E-state index contributed by atoms with van der Waals surface area (Å²) in [7, 11) is 0. The van der Waals surface area contributed by atoms with Gasteiger partial charge < -0.3 is 10.1 Å². The molecular formula is C22H29NO3. The summed E-state index contributed by atoms with van der Waals surface area (Å²) < 4.78 is 5.34. The highest BCUT2D eigenvalue weighted by Gasteiger charge is 2.23. The van der Waals surface area contributed by atoms with Crippen molar-refractivity contribution in [1.29, 1.82) is 0 Å². The van der Waals surface area contributed by atoms with E-state index in [2.05, 4.69) is 31.3 Å². The van der Waals surface area contributed by atoms with Gasteiger partial charge in [0, 0.05) is 12.8 Å². The van der Waals surface area contributed by atoms with Crippen molar-refractivity contribution in [3.05, 3.63) is 48.0 Å². The highest BCUT2D eigenvalue weighted by molar-refractivity contribution is 5.86. The van der Waals surface area contributed by atoms with Gasteiger partial charge in [-0.25, -0.2) is 4.79 Å². The zero-order valence-corrected chi connectivity index (χ0v) is 16.1. The van der Waals surface area contributed by atoms with Crippen LogP contribution in [0.4, 0.5) is 0 Å². The van der Waals surface area contributed by atoms with Crippen molar-refractivity contribution in [3.8, 4) is 0 Å². The van der Waals surface area contributed by atoms with Crippen molar-refractivity contribution >= 4 is 22.6 Å². The molecule has 4 nitrogen and oxygen atoms in total. The number of fused-ring (bicyclic) bond motifs is 1. The smallest absolute Gasteiger partial charge is 0.329 e. The number of ether oxygens (including phenoxy) is 1. The Morgan fingerprint density at radius 3 is 2.35 bits per heavy atom. The third-order valence-electron chi connectivity index (χ3n) is 4.17. The number of hydrogen-bond acceptors (Lipinski definition) is 3. The molecule has 0 saturated heterocycles. The quantitative estimate of drug-likeness (QED) is 0.720. The van der Waals surface area contributed by atoms with E-state index >= 15 is 0 Å². The fourth-order valence-electron chi connectivity index (χ4n) is 2.80. The first kappa shape index (κ1) is 20.0. The van der Waals surface area contributed by atoms with Gasteiger partial charge in [-0.1, -0.05) is 56.3 Å². The maximum atomic E-state index is 12.5. The van der Waals surface area contributed by atoms with Gasteiger partial charge in [-0.05, 0) is 42.5 Å². The number of carbonyl (C=O) groups is 2. The third kappa shape index (κ3) is 6.17. The molecule has 1 atom stereocenters. The second-order valence-electron chi connectivity index (χ2n) is 7.42. The lowest BCUT2D eigenvalue weighted by molar-refractivity contribution is -0.151. The first-order valence-electron chi connectivity index (χ1n) is 9.32. The minimum atomic E-state index is -0.668. The molecule has 140 valence electrons. The van der Waals surface area contributed by atoms with E-state index in [-0.39, 0.29) is 18.0 Å². The van der Waals surface area contributed by atoms with Crippen molar-refractivity contribution in [2.45, 2.75) is 59.1 Å². The molecule has 0 aliphatic heterocycles. The van der Waals surface area contributed by atoms with E-state index in [0.29, 0.717) is 18.8 Å². The van der Waals surface area contributed by atoms with Gasteiger partial charge in [0.2, 0.25) is 5.91 Å². The standard InChI is InChI=1S/C22H29NO3/c1-15(2)9-12-21(24)23-20(22(25)26-16(3)4)14-17-10-11-18-7-5-6-8-19(18)13-17/h5-8,10-11,13,15-16,20H,9,12,14H2,1-4H3,(H,23,24). The second-order valence-corrected chi connectivity index (χ2v) is 7.42. The van der Waals surface area contributed by atoms with Gasteiger partial charge in [0.05, 0.1) is 6.10 Å². The van der Waals surface area contributed by atoms with Gasteiger partial charge >= 0.3 is 5.97 Å². The lowest BCUT2D eigenvalue weighted by Gasteiger charge is -2.20. The van der Waals surface area contributed by atoms with Crippen LogP contribution in [0.2, 0.25) is 0 Å². The average molecular weight is 355 g/mol. The van der Waals surface area contributed by atoms with Gasteiger partial charge in [-0.3, -0.25) is 4.79 Å². The number of nitrogens with one attached hydrogen (secondary N) is 1. The van der Waals surface area contributed by atoms with Gasteiger partial charge in [0.25, 0.3) is 0 Å². The Balaban J connectivity index is 2.13. The highest BCUT2D eigenvalue weighted by Crippen LogP contribution is 2.17. The van der Waals surface area contributed by atoms with Gasteiger partial charge in [-0.2, -0.15) is 0 Å². The number of benzene rings is 2. The van der Waals surface area contributed by atoms with E-state index < -0.39 is 6.04 Å². The molecule has 1 unspecified atom stereocenters. The van der Waals surface area contributed by atoms with E-state index in [4.69, 9.17) is 4.74 Å².